The highest BCUT2D eigenvalue weighted by Crippen LogP contribution is 2.20. The molecule has 0 bridgehead atoms. The first-order valence-electron chi connectivity index (χ1n) is 7.73. The van der Waals surface area contributed by atoms with Crippen molar-refractivity contribution in [1.82, 2.24) is 14.3 Å². The standard InChI is InChI=1S/C14H31N3O3S/c1-12(2)15-10-13-8-6-7-9-17(13)21(18,19)16-11-14(3,4)20-5/h12-13,15-16H,6-11H2,1-5H3. The van der Waals surface area contributed by atoms with Crippen molar-refractivity contribution in [3.63, 3.8) is 0 Å². The summed E-state index contributed by atoms with van der Waals surface area (Å²) in [6.07, 6.45) is 2.92. The van der Waals surface area contributed by atoms with Crippen LogP contribution in [0, 0.1) is 0 Å². The third-order valence-electron chi connectivity index (χ3n) is 3.88. The van der Waals surface area contributed by atoms with Gasteiger partial charge in [0.05, 0.1) is 5.60 Å². The molecule has 0 aromatic rings. The van der Waals surface area contributed by atoms with Crippen LogP contribution in [0.2, 0.25) is 0 Å². The molecule has 1 fully saturated rings. The summed E-state index contributed by atoms with van der Waals surface area (Å²) < 4.78 is 34.6. The largest absolute Gasteiger partial charge is 0.377 e. The number of rotatable bonds is 8. The minimum absolute atomic E-state index is 0.0318. The molecule has 0 amide bonds. The van der Waals surface area contributed by atoms with E-state index in [2.05, 4.69) is 23.9 Å². The molecule has 1 unspecified atom stereocenters. The number of hydrogen-bond acceptors (Lipinski definition) is 4. The molecule has 126 valence electrons. The molecule has 1 heterocycles. The molecule has 1 aliphatic heterocycles. The maximum Gasteiger partial charge on any atom is 0.279 e. The number of nitrogens with zero attached hydrogens (tertiary/aromatic N) is 1. The van der Waals surface area contributed by atoms with Crippen LogP contribution in [0.1, 0.15) is 47.0 Å². The number of hydrogen-bond donors (Lipinski definition) is 2. The van der Waals surface area contributed by atoms with Crippen molar-refractivity contribution in [2.24, 2.45) is 0 Å². The van der Waals surface area contributed by atoms with Crippen molar-refractivity contribution in [2.45, 2.75) is 64.6 Å². The lowest BCUT2D eigenvalue weighted by atomic mass is 10.0. The lowest BCUT2D eigenvalue weighted by Gasteiger charge is -2.36. The normalized spacial score (nSPS) is 21.9. The molecule has 21 heavy (non-hydrogen) atoms. The first kappa shape index (κ1) is 18.8. The molecule has 1 saturated heterocycles. The fraction of sp³-hybridized carbons (Fsp3) is 1.00. The van der Waals surface area contributed by atoms with Crippen molar-refractivity contribution in [3.8, 4) is 0 Å². The van der Waals surface area contributed by atoms with Crippen LogP contribution < -0.4 is 10.0 Å². The van der Waals surface area contributed by atoms with Gasteiger partial charge in [-0.1, -0.05) is 20.3 Å². The molecule has 0 aromatic heterocycles. The maximum absolute atomic E-state index is 12.5. The minimum Gasteiger partial charge on any atom is -0.377 e. The molecule has 1 aliphatic rings. The molecule has 1 rings (SSSR count). The molecule has 2 N–H and O–H groups in total. The molecular weight excluding hydrogens is 290 g/mol. The summed E-state index contributed by atoms with van der Waals surface area (Å²) in [5, 5.41) is 3.34. The molecule has 0 radical (unpaired) electrons. The fourth-order valence-corrected chi connectivity index (χ4v) is 3.92. The molecule has 7 heteroatoms. The third-order valence-corrected chi connectivity index (χ3v) is 5.48. The van der Waals surface area contributed by atoms with Crippen LogP contribution in [0.4, 0.5) is 0 Å². The van der Waals surface area contributed by atoms with E-state index in [0.29, 0.717) is 19.1 Å². The zero-order chi connectivity index (χ0) is 16.1. The van der Waals surface area contributed by atoms with Crippen LogP contribution in [0.15, 0.2) is 0 Å². The van der Waals surface area contributed by atoms with Crippen LogP contribution in [0.3, 0.4) is 0 Å². The van der Waals surface area contributed by atoms with Gasteiger partial charge in [-0.2, -0.15) is 17.4 Å². The van der Waals surface area contributed by atoms with Crippen molar-refractivity contribution in [2.75, 3.05) is 26.7 Å². The minimum atomic E-state index is -3.46. The van der Waals surface area contributed by atoms with Gasteiger partial charge in [0.1, 0.15) is 0 Å². The van der Waals surface area contributed by atoms with E-state index in [1.807, 2.05) is 13.8 Å². The van der Waals surface area contributed by atoms with E-state index in [1.54, 1.807) is 11.4 Å². The summed E-state index contributed by atoms with van der Waals surface area (Å²) in [5.41, 5.74) is -0.505. The van der Waals surface area contributed by atoms with Crippen LogP contribution in [-0.2, 0) is 14.9 Å². The second-order valence-corrected chi connectivity index (χ2v) is 8.32. The van der Waals surface area contributed by atoms with E-state index in [0.717, 1.165) is 19.3 Å². The van der Waals surface area contributed by atoms with Crippen LogP contribution in [0.5, 0.6) is 0 Å². The van der Waals surface area contributed by atoms with Gasteiger partial charge in [-0.25, -0.2) is 0 Å². The Hall–Kier alpha value is -0.210. The number of methoxy groups -OCH3 is 1. The Bertz CT molecular complexity index is 410. The zero-order valence-corrected chi connectivity index (χ0v) is 14.8. The molecule has 6 nitrogen and oxygen atoms in total. The Kier molecular flexibility index (Phi) is 7.06. The van der Waals surface area contributed by atoms with Gasteiger partial charge in [-0.05, 0) is 26.7 Å². The molecule has 0 aromatic carbocycles. The average molecular weight is 321 g/mol. The molecule has 0 aliphatic carbocycles. The summed E-state index contributed by atoms with van der Waals surface area (Å²) >= 11 is 0. The second kappa shape index (κ2) is 7.87. The van der Waals surface area contributed by atoms with E-state index >= 15 is 0 Å². The summed E-state index contributed by atoms with van der Waals surface area (Å²) in [4.78, 5) is 0. The SMILES string of the molecule is COC(C)(C)CNS(=O)(=O)N1CCCCC1CNC(C)C. The van der Waals surface area contributed by atoms with Crippen LogP contribution >= 0.6 is 0 Å². The summed E-state index contributed by atoms with van der Waals surface area (Å²) in [7, 11) is -1.87. The Morgan fingerprint density at radius 3 is 2.57 bits per heavy atom. The monoisotopic (exact) mass is 321 g/mol. The summed E-state index contributed by atoms with van der Waals surface area (Å²) in [6.45, 7) is 9.43. The van der Waals surface area contributed by atoms with Gasteiger partial charge in [-0.3, -0.25) is 0 Å². The molecular formula is C14H31N3O3S. The van der Waals surface area contributed by atoms with Crippen molar-refractivity contribution in [3.05, 3.63) is 0 Å². The van der Waals surface area contributed by atoms with E-state index in [1.165, 1.54) is 0 Å². The lowest BCUT2D eigenvalue weighted by Crippen LogP contribution is -2.54. The van der Waals surface area contributed by atoms with Gasteiger partial charge < -0.3 is 10.1 Å². The van der Waals surface area contributed by atoms with Gasteiger partial charge in [0.15, 0.2) is 0 Å². The summed E-state index contributed by atoms with van der Waals surface area (Å²) in [6, 6.07) is 0.390. The topological polar surface area (TPSA) is 70.7 Å². The van der Waals surface area contributed by atoms with Gasteiger partial charge in [-0.15, -0.1) is 0 Å². The van der Waals surface area contributed by atoms with Gasteiger partial charge in [0.2, 0.25) is 0 Å². The average Bonchev–Trinajstić information content (AvgIpc) is 2.43. The first-order chi connectivity index (χ1) is 9.68. The molecule has 0 saturated carbocycles. The maximum atomic E-state index is 12.5. The Morgan fingerprint density at radius 2 is 2.00 bits per heavy atom. The highest BCUT2D eigenvalue weighted by Gasteiger charge is 2.33. The van der Waals surface area contributed by atoms with E-state index in [-0.39, 0.29) is 12.6 Å². The predicted molar refractivity (Wildman–Crippen MR) is 85.5 cm³/mol. The Balaban J connectivity index is 2.68. The Morgan fingerprint density at radius 1 is 1.33 bits per heavy atom. The quantitative estimate of drug-likeness (QED) is 0.702. The van der Waals surface area contributed by atoms with Gasteiger partial charge in [0.25, 0.3) is 10.2 Å². The molecule has 1 atom stereocenters. The first-order valence-corrected chi connectivity index (χ1v) is 9.17. The van der Waals surface area contributed by atoms with Gasteiger partial charge in [0, 0.05) is 38.8 Å². The van der Waals surface area contributed by atoms with Crippen LogP contribution in [0.25, 0.3) is 0 Å². The van der Waals surface area contributed by atoms with Crippen molar-refractivity contribution in [1.29, 1.82) is 0 Å². The third kappa shape index (κ3) is 6.20. The molecule has 0 spiro atoms. The second-order valence-electron chi connectivity index (χ2n) is 6.61. The van der Waals surface area contributed by atoms with Crippen molar-refractivity contribution >= 4 is 10.2 Å². The van der Waals surface area contributed by atoms with E-state index in [4.69, 9.17) is 4.74 Å². The van der Waals surface area contributed by atoms with E-state index in [9.17, 15) is 8.42 Å². The number of piperidine rings is 1. The lowest BCUT2D eigenvalue weighted by molar-refractivity contribution is 0.0271. The Labute approximate surface area is 129 Å². The van der Waals surface area contributed by atoms with Crippen molar-refractivity contribution < 1.29 is 13.2 Å². The predicted octanol–water partition coefficient (Wildman–Crippen LogP) is 1.10. The highest BCUT2D eigenvalue weighted by molar-refractivity contribution is 7.87. The smallest absolute Gasteiger partial charge is 0.279 e. The van der Waals surface area contributed by atoms with Gasteiger partial charge >= 0.3 is 0 Å². The number of ether oxygens (including phenoxy) is 1. The van der Waals surface area contributed by atoms with Crippen LogP contribution in [-0.4, -0.2) is 57.2 Å². The zero-order valence-electron chi connectivity index (χ0n) is 14.0. The number of nitrogens with one attached hydrogen (secondary N) is 2. The summed E-state index contributed by atoms with van der Waals surface area (Å²) in [5.74, 6) is 0. The fourth-order valence-electron chi connectivity index (χ4n) is 2.29. The highest BCUT2D eigenvalue weighted by atomic mass is 32.2. The van der Waals surface area contributed by atoms with E-state index < -0.39 is 15.8 Å².